The van der Waals surface area contributed by atoms with Gasteiger partial charge < -0.3 is 28.5 Å². The van der Waals surface area contributed by atoms with Gasteiger partial charge in [0.15, 0.2) is 6.10 Å². The van der Waals surface area contributed by atoms with Crippen LogP contribution in [0.1, 0.15) is 271 Å². The summed E-state index contributed by atoms with van der Waals surface area (Å²) in [5.41, 5.74) is 0. The molecular weight excluding hydrogens is 1050 g/mol. The Bertz CT molecular complexity index is 1860. The molecule has 0 aromatic carbocycles. The fraction of sp³-hybridized carbons (Fsp3) is 0.671. The first-order valence-corrected chi connectivity index (χ1v) is 34.3. The minimum absolute atomic E-state index is 0.178. The zero-order chi connectivity index (χ0) is 61.9. The van der Waals surface area contributed by atoms with Crippen molar-refractivity contribution < 1.29 is 42.9 Å². The molecule has 0 amide bonds. The van der Waals surface area contributed by atoms with Gasteiger partial charge in [-0.3, -0.25) is 9.59 Å². The highest BCUT2D eigenvalue weighted by molar-refractivity contribution is 5.71. The largest absolute Gasteiger partial charge is 0.477 e. The van der Waals surface area contributed by atoms with Crippen LogP contribution in [0.15, 0.2) is 134 Å². The van der Waals surface area contributed by atoms with E-state index in [1.54, 1.807) is 0 Å². The number of ether oxygens (including phenoxy) is 4. The van der Waals surface area contributed by atoms with E-state index in [1.807, 2.05) is 21.1 Å². The van der Waals surface area contributed by atoms with Crippen LogP contribution in [-0.2, 0) is 33.3 Å². The number of esters is 2. The summed E-state index contributed by atoms with van der Waals surface area (Å²) in [6.07, 6.45) is 91.2. The van der Waals surface area contributed by atoms with Crippen LogP contribution in [0.4, 0.5) is 0 Å². The molecule has 85 heavy (non-hydrogen) atoms. The summed E-state index contributed by atoms with van der Waals surface area (Å²) in [6.45, 7) is 4.75. The number of nitrogens with zero attached hydrogens (tertiary/aromatic N) is 1. The summed E-state index contributed by atoms with van der Waals surface area (Å²) in [5, 5.41) is 9.74. The van der Waals surface area contributed by atoms with Crippen LogP contribution in [-0.4, -0.2) is 87.4 Å². The molecule has 484 valence electrons. The quantitative estimate of drug-likeness (QED) is 0.0211. The van der Waals surface area contributed by atoms with Crippen LogP contribution < -0.4 is 0 Å². The number of allylic oxidation sites excluding steroid dienone is 22. The molecule has 0 aromatic heterocycles. The maximum Gasteiger partial charge on any atom is 0.361 e. The van der Waals surface area contributed by atoms with Crippen LogP contribution >= 0.6 is 0 Å². The van der Waals surface area contributed by atoms with Crippen LogP contribution in [0, 0.1) is 0 Å². The number of unbranched alkanes of at least 4 members (excludes halogenated alkanes) is 25. The monoisotopic (exact) mass is 1180 g/mol. The van der Waals surface area contributed by atoms with Gasteiger partial charge in [-0.25, -0.2) is 4.79 Å². The molecule has 0 bridgehead atoms. The smallest absolute Gasteiger partial charge is 0.361 e. The van der Waals surface area contributed by atoms with E-state index in [0.29, 0.717) is 23.9 Å². The second kappa shape index (κ2) is 65.4. The molecule has 2 atom stereocenters. The number of carboxylic acid groups (broad SMARTS) is 1. The second-order valence-electron chi connectivity index (χ2n) is 23.7. The Morgan fingerprint density at radius 3 is 1.01 bits per heavy atom. The van der Waals surface area contributed by atoms with Gasteiger partial charge >= 0.3 is 17.9 Å². The van der Waals surface area contributed by atoms with Crippen molar-refractivity contribution >= 4 is 17.9 Å². The van der Waals surface area contributed by atoms with Crippen LogP contribution in [0.5, 0.6) is 0 Å². The van der Waals surface area contributed by atoms with Gasteiger partial charge in [0.2, 0.25) is 0 Å². The van der Waals surface area contributed by atoms with E-state index >= 15 is 0 Å². The normalized spacial score (nSPS) is 13.6. The molecule has 9 nitrogen and oxygen atoms in total. The van der Waals surface area contributed by atoms with Crippen molar-refractivity contribution in [2.24, 2.45) is 0 Å². The van der Waals surface area contributed by atoms with Crippen molar-refractivity contribution in [2.45, 2.75) is 283 Å². The fourth-order valence-corrected chi connectivity index (χ4v) is 9.15. The first kappa shape index (κ1) is 80.4. The lowest BCUT2D eigenvalue weighted by molar-refractivity contribution is -0.870. The number of carbonyl (C=O) groups is 3. The predicted octanol–water partition coefficient (Wildman–Crippen LogP) is 21.4. The van der Waals surface area contributed by atoms with Gasteiger partial charge in [-0.05, 0) is 116 Å². The highest BCUT2D eigenvalue weighted by Gasteiger charge is 2.25. The molecular formula is C76H128NO8+. The molecule has 2 unspecified atom stereocenters. The summed E-state index contributed by atoms with van der Waals surface area (Å²) in [4.78, 5) is 37.6. The topological polar surface area (TPSA) is 108 Å². The third-order valence-corrected chi connectivity index (χ3v) is 14.4. The summed E-state index contributed by atoms with van der Waals surface area (Å²) in [6, 6.07) is 0. The maximum atomic E-state index is 12.9. The molecule has 0 heterocycles. The van der Waals surface area contributed by atoms with Gasteiger partial charge in [0.1, 0.15) is 13.2 Å². The Hall–Kier alpha value is -4.57. The number of aliphatic carboxylic acids is 1. The molecule has 0 radical (unpaired) electrons. The lowest BCUT2D eigenvalue weighted by Crippen LogP contribution is -2.40. The molecule has 0 rings (SSSR count). The molecule has 0 spiro atoms. The molecule has 0 aliphatic carbocycles. The maximum absolute atomic E-state index is 12.9. The van der Waals surface area contributed by atoms with Crippen molar-refractivity contribution in [3.63, 3.8) is 0 Å². The zero-order valence-corrected chi connectivity index (χ0v) is 55.2. The van der Waals surface area contributed by atoms with Crippen LogP contribution in [0.2, 0.25) is 0 Å². The SMILES string of the molecule is CC/C=C\C/C=C\C/C=C\C/C=C\C/C=C\C/C=C\C/C=C\C/C=C\C/C=C\C/C=C\CCCCCCCCC(=O)OC(COC(=O)CCCCCCCCCCCCC/C=C\CCCCCCCCCC)COC(OCC[N+](C)(C)C)C(=O)O. The number of quaternary nitrogens is 1. The highest BCUT2D eigenvalue weighted by Crippen LogP contribution is 2.16. The third kappa shape index (κ3) is 66.8. The van der Waals surface area contributed by atoms with Crippen molar-refractivity contribution in [1.29, 1.82) is 0 Å². The van der Waals surface area contributed by atoms with Gasteiger partial charge in [0.25, 0.3) is 6.29 Å². The number of carboxylic acids is 1. The minimum atomic E-state index is -1.52. The summed E-state index contributed by atoms with van der Waals surface area (Å²) >= 11 is 0. The number of hydrogen-bond acceptors (Lipinski definition) is 7. The zero-order valence-electron chi connectivity index (χ0n) is 55.2. The van der Waals surface area contributed by atoms with E-state index in [-0.39, 0.29) is 32.2 Å². The molecule has 0 aromatic rings. The van der Waals surface area contributed by atoms with E-state index in [4.69, 9.17) is 18.9 Å². The van der Waals surface area contributed by atoms with E-state index in [1.165, 1.54) is 116 Å². The minimum Gasteiger partial charge on any atom is -0.477 e. The summed E-state index contributed by atoms with van der Waals surface area (Å²) in [5.74, 6) is -2.03. The Labute approximate surface area is 522 Å². The standard InChI is InChI=1S/C76H127NO8/c1-6-8-10-12-14-16-18-20-22-24-26-28-30-31-32-33-34-35-36-37-38-39-40-41-42-43-45-47-49-51-53-55-57-59-61-63-65-67-74(79)85-72(71-84-76(75(80)81)82-69-68-77(3,4)5)70-83-73(78)66-64-62-60-58-56-54-52-50-48-46-44-29-27-25-23-21-19-17-15-13-11-9-7-2/h8,10,14,16,20,22,25-28,31-32,34-35,37-38,40-41,43,45,49,51,72,76H,6-7,9,11-13,15,17-19,21,23-24,29-30,33,36,39,42,44,46-48,50,52-71H2,1-5H3/p+1/b10-8-,16-14-,22-20-,27-25-,28-26-,32-31-,35-34-,38-37-,41-40-,45-43-,51-49-. The molecule has 0 aliphatic heterocycles. The van der Waals surface area contributed by atoms with Crippen LogP contribution in [0.3, 0.4) is 0 Å². The molecule has 9 heteroatoms. The predicted molar refractivity (Wildman–Crippen MR) is 364 cm³/mol. The molecule has 0 saturated carbocycles. The van der Waals surface area contributed by atoms with E-state index < -0.39 is 24.3 Å². The first-order chi connectivity index (χ1) is 41.6. The Balaban J connectivity index is 4.22. The molecule has 0 aliphatic rings. The van der Waals surface area contributed by atoms with Crippen LogP contribution in [0.25, 0.3) is 0 Å². The van der Waals surface area contributed by atoms with Crippen molar-refractivity contribution in [2.75, 3.05) is 47.5 Å². The molecule has 0 saturated heterocycles. The lowest BCUT2D eigenvalue weighted by atomic mass is 10.0. The average molecular weight is 1180 g/mol. The number of likely N-dealkylation sites (N-methyl/N-ethyl adjacent to an activating group) is 1. The van der Waals surface area contributed by atoms with Gasteiger partial charge in [0, 0.05) is 12.8 Å². The summed E-state index contributed by atoms with van der Waals surface area (Å²) < 4.78 is 22.9. The second-order valence-corrected chi connectivity index (χ2v) is 23.7. The van der Waals surface area contributed by atoms with Gasteiger partial charge in [0.05, 0.1) is 34.4 Å². The number of rotatable bonds is 62. The summed E-state index contributed by atoms with van der Waals surface area (Å²) in [7, 11) is 5.96. The highest BCUT2D eigenvalue weighted by atomic mass is 16.7. The van der Waals surface area contributed by atoms with Gasteiger partial charge in [-0.15, -0.1) is 0 Å². The Morgan fingerprint density at radius 2 is 0.671 bits per heavy atom. The van der Waals surface area contributed by atoms with Crippen molar-refractivity contribution in [3.05, 3.63) is 134 Å². The Morgan fingerprint density at radius 1 is 0.365 bits per heavy atom. The van der Waals surface area contributed by atoms with Gasteiger partial charge in [-0.2, -0.15) is 0 Å². The van der Waals surface area contributed by atoms with E-state index in [9.17, 15) is 19.5 Å². The molecule has 0 fully saturated rings. The number of carbonyl (C=O) groups excluding carboxylic acids is 2. The third-order valence-electron chi connectivity index (χ3n) is 14.4. The van der Waals surface area contributed by atoms with E-state index in [0.717, 1.165) is 122 Å². The van der Waals surface area contributed by atoms with Crippen molar-refractivity contribution in [1.82, 2.24) is 0 Å². The van der Waals surface area contributed by atoms with Gasteiger partial charge in [-0.1, -0.05) is 276 Å². The Kier molecular flexibility index (Phi) is 61.9. The van der Waals surface area contributed by atoms with E-state index in [2.05, 4.69) is 148 Å². The number of hydrogen-bond donors (Lipinski definition) is 1. The lowest BCUT2D eigenvalue weighted by Gasteiger charge is -2.25. The first-order valence-electron chi connectivity index (χ1n) is 34.3. The average Bonchev–Trinajstić information content (AvgIpc) is 3.48. The molecule has 1 N–H and O–H groups in total. The fourth-order valence-electron chi connectivity index (χ4n) is 9.15. The van der Waals surface area contributed by atoms with Crippen molar-refractivity contribution in [3.8, 4) is 0 Å².